The second-order valence-corrected chi connectivity index (χ2v) is 9.09. The zero-order valence-electron chi connectivity index (χ0n) is 18.7. The molecule has 3 rings (SSSR count). The first-order valence-electron chi connectivity index (χ1n) is 10.4. The molecule has 1 aliphatic rings. The first kappa shape index (κ1) is 24.0. The minimum Gasteiger partial charge on any atom is -0.445 e. The quantitative estimate of drug-likeness (QED) is 0.465. The number of benzene rings is 2. The summed E-state index contributed by atoms with van der Waals surface area (Å²) in [7, 11) is -0.687. The Bertz CT molecular complexity index is 991. The van der Waals surface area contributed by atoms with Crippen molar-refractivity contribution < 1.29 is 23.6 Å². The fourth-order valence-electron chi connectivity index (χ4n) is 3.15. The standard InChI is InChI=1S/C24H27BClNO5/c1-23(2)24(3,4)32-25(31-23)20(11-18-10-19(15-28)13-21(26)12-18)14-27-22(29)30-16-17-8-6-5-7-9-17/h5-13,15H,14,16H2,1-4H3,(H,27,29). The van der Waals surface area contributed by atoms with E-state index in [1.54, 1.807) is 24.3 Å². The monoisotopic (exact) mass is 455 g/mol. The molecule has 2 aromatic rings. The van der Waals surface area contributed by atoms with Crippen LogP contribution in [0.4, 0.5) is 4.79 Å². The number of aldehydes is 1. The number of nitrogens with one attached hydrogen (secondary N) is 1. The second kappa shape index (κ2) is 9.90. The SMILES string of the molecule is CC1(C)OB(C(=Cc2cc(Cl)cc(C=O)c2)CNC(=O)OCc2ccccc2)OC1(C)C. The summed E-state index contributed by atoms with van der Waals surface area (Å²) >= 11 is 6.15. The highest BCUT2D eigenvalue weighted by atomic mass is 35.5. The lowest BCUT2D eigenvalue weighted by molar-refractivity contribution is 0.00578. The molecule has 0 radical (unpaired) electrons. The molecule has 0 unspecified atom stereocenters. The van der Waals surface area contributed by atoms with Gasteiger partial charge in [0, 0.05) is 17.1 Å². The van der Waals surface area contributed by atoms with Gasteiger partial charge in [0.2, 0.25) is 0 Å². The average Bonchev–Trinajstić information content (AvgIpc) is 2.96. The number of ether oxygens (including phenoxy) is 1. The van der Waals surface area contributed by atoms with E-state index in [2.05, 4.69) is 5.32 Å². The number of carbonyl (C=O) groups excluding carboxylic acids is 2. The molecule has 6 nitrogen and oxygen atoms in total. The van der Waals surface area contributed by atoms with Crippen LogP contribution >= 0.6 is 11.6 Å². The summed E-state index contributed by atoms with van der Waals surface area (Å²) in [5.74, 6) is 0. The van der Waals surface area contributed by atoms with Gasteiger partial charge < -0.3 is 19.4 Å². The van der Waals surface area contributed by atoms with Crippen LogP contribution in [0, 0.1) is 0 Å². The second-order valence-electron chi connectivity index (χ2n) is 8.66. The maximum atomic E-state index is 12.3. The minimum atomic E-state index is -0.687. The normalized spacial score (nSPS) is 17.2. The molecule has 0 bridgehead atoms. The summed E-state index contributed by atoms with van der Waals surface area (Å²) in [6.07, 6.45) is 1.98. The van der Waals surface area contributed by atoms with Crippen molar-refractivity contribution in [1.82, 2.24) is 5.32 Å². The van der Waals surface area contributed by atoms with Gasteiger partial charge in [0.05, 0.1) is 11.2 Å². The van der Waals surface area contributed by atoms with Gasteiger partial charge in [0.25, 0.3) is 0 Å². The Morgan fingerprint density at radius 2 is 1.69 bits per heavy atom. The van der Waals surface area contributed by atoms with Gasteiger partial charge in [0.15, 0.2) is 0 Å². The van der Waals surface area contributed by atoms with Crippen molar-refractivity contribution in [2.45, 2.75) is 45.5 Å². The van der Waals surface area contributed by atoms with Gasteiger partial charge in [-0.3, -0.25) is 4.79 Å². The molecule has 0 atom stereocenters. The Morgan fingerprint density at radius 1 is 1.06 bits per heavy atom. The van der Waals surface area contributed by atoms with Crippen LogP contribution in [0.1, 0.15) is 49.2 Å². The topological polar surface area (TPSA) is 73.9 Å². The highest BCUT2D eigenvalue weighted by Crippen LogP contribution is 2.38. The Balaban J connectivity index is 1.77. The van der Waals surface area contributed by atoms with Crippen molar-refractivity contribution >= 4 is 37.2 Å². The van der Waals surface area contributed by atoms with Gasteiger partial charge in [0.1, 0.15) is 12.9 Å². The van der Waals surface area contributed by atoms with Crippen LogP contribution in [0.5, 0.6) is 0 Å². The molecule has 2 aromatic carbocycles. The third-order valence-corrected chi connectivity index (χ3v) is 5.85. The van der Waals surface area contributed by atoms with Crippen LogP contribution in [0.2, 0.25) is 5.02 Å². The van der Waals surface area contributed by atoms with Crippen LogP contribution in [0.25, 0.3) is 6.08 Å². The van der Waals surface area contributed by atoms with E-state index >= 15 is 0 Å². The van der Waals surface area contributed by atoms with Gasteiger partial charge in [-0.05, 0) is 62.5 Å². The molecule has 1 amide bonds. The van der Waals surface area contributed by atoms with E-state index in [9.17, 15) is 9.59 Å². The molecule has 0 aromatic heterocycles. The van der Waals surface area contributed by atoms with Crippen LogP contribution < -0.4 is 5.32 Å². The molecule has 1 aliphatic heterocycles. The predicted octanol–water partition coefficient (Wildman–Crippen LogP) is 5.09. The highest BCUT2D eigenvalue weighted by molar-refractivity contribution is 6.56. The number of halogens is 1. The van der Waals surface area contributed by atoms with Gasteiger partial charge in [-0.1, -0.05) is 48.0 Å². The summed E-state index contributed by atoms with van der Waals surface area (Å²) in [5, 5.41) is 3.19. The minimum absolute atomic E-state index is 0.132. The van der Waals surface area contributed by atoms with Gasteiger partial charge in [-0.25, -0.2) is 4.79 Å². The first-order valence-corrected chi connectivity index (χ1v) is 10.7. The van der Waals surface area contributed by atoms with E-state index in [0.29, 0.717) is 21.6 Å². The van der Waals surface area contributed by atoms with Crippen molar-refractivity contribution in [3.63, 3.8) is 0 Å². The number of hydrogen-bond acceptors (Lipinski definition) is 5. The summed E-state index contributed by atoms with van der Waals surface area (Å²) in [4.78, 5) is 23.5. The van der Waals surface area contributed by atoms with E-state index in [1.807, 2.05) is 58.0 Å². The maximum absolute atomic E-state index is 12.3. The highest BCUT2D eigenvalue weighted by Gasteiger charge is 2.52. The zero-order chi connectivity index (χ0) is 23.4. The molecule has 1 heterocycles. The van der Waals surface area contributed by atoms with E-state index < -0.39 is 24.4 Å². The molecule has 32 heavy (non-hydrogen) atoms. The summed E-state index contributed by atoms with van der Waals surface area (Å²) in [5.41, 5.74) is 1.61. The van der Waals surface area contributed by atoms with Crippen LogP contribution in [0.3, 0.4) is 0 Å². The zero-order valence-corrected chi connectivity index (χ0v) is 19.4. The third-order valence-electron chi connectivity index (χ3n) is 5.64. The predicted molar refractivity (Wildman–Crippen MR) is 126 cm³/mol. The van der Waals surface area contributed by atoms with E-state index in [0.717, 1.165) is 11.8 Å². The summed E-state index contributed by atoms with van der Waals surface area (Å²) in [6, 6.07) is 14.4. The van der Waals surface area contributed by atoms with Crippen molar-refractivity contribution in [2.24, 2.45) is 0 Å². The number of rotatable bonds is 7. The fraction of sp³-hybridized carbons (Fsp3) is 0.333. The van der Waals surface area contributed by atoms with Crippen molar-refractivity contribution in [2.75, 3.05) is 6.54 Å². The molecule has 0 spiro atoms. The van der Waals surface area contributed by atoms with Gasteiger partial charge in [-0.2, -0.15) is 0 Å². The van der Waals surface area contributed by atoms with Crippen LogP contribution in [-0.2, 0) is 20.7 Å². The Labute approximate surface area is 194 Å². The van der Waals surface area contributed by atoms with E-state index in [1.165, 1.54) is 0 Å². The number of alkyl carbamates (subject to hydrolysis) is 1. The first-order chi connectivity index (χ1) is 15.1. The molecule has 1 N–H and O–H groups in total. The third kappa shape index (κ3) is 6.00. The van der Waals surface area contributed by atoms with Crippen LogP contribution in [-0.4, -0.2) is 37.2 Å². The maximum Gasteiger partial charge on any atom is 0.492 e. The lowest BCUT2D eigenvalue weighted by atomic mass is 9.77. The van der Waals surface area contributed by atoms with E-state index in [-0.39, 0.29) is 13.2 Å². The average molecular weight is 456 g/mol. The molecule has 8 heteroatoms. The fourth-order valence-corrected chi connectivity index (χ4v) is 3.40. The van der Waals surface area contributed by atoms with E-state index in [4.69, 9.17) is 25.6 Å². The summed E-state index contributed by atoms with van der Waals surface area (Å²) in [6.45, 7) is 8.12. The molecular weight excluding hydrogens is 429 g/mol. The molecule has 0 aliphatic carbocycles. The Morgan fingerprint density at radius 3 is 2.31 bits per heavy atom. The number of amides is 1. The van der Waals surface area contributed by atoms with Crippen molar-refractivity contribution in [3.05, 3.63) is 75.7 Å². The van der Waals surface area contributed by atoms with Gasteiger partial charge in [-0.15, -0.1) is 0 Å². The van der Waals surface area contributed by atoms with Crippen LogP contribution in [0.15, 0.2) is 54.0 Å². The Kier molecular flexibility index (Phi) is 7.44. The number of carbonyl (C=O) groups is 2. The molecule has 1 fully saturated rings. The smallest absolute Gasteiger partial charge is 0.445 e. The lowest BCUT2D eigenvalue weighted by Crippen LogP contribution is -2.41. The Hall–Kier alpha value is -2.61. The van der Waals surface area contributed by atoms with Crippen molar-refractivity contribution in [1.29, 1.82) is 0 Å². The molecule has 168 valence electrons. The van der Waals surface area contributed by atoms with Crippen molar-refractivity contribution in [3.8, 4) is 0 Å². The summed E-state index contributed by atoms with van der Waals surface area (Å²) < 4.78 is 17.6. The molecule has 0 saturated carbocycles. The number of hydrogen-bond donors (Lipinski definition) is 1. The largest absolute Gasteiger partial charge is 0.492 e. The molecular formula is C24H27BClNO5. The van der Waals surface area contributed by atoms with Gasteiger partial charge >= 0.3 is 13.2 Å². The lowest BCUT2D eigenvalue weighted by Gasteiger charge is -2.32. The molecule has 1 saturated heterocycles.